The van der Waals surface area contributed by atoms with E-state index in [2.05, 4.69) is 21.7 Å². The van der Waals surface area contributed by atoms with Crippen LogP contribution >= 0.6 is 11.6 Å². The van der Waals surface area contributed by atoms with Gasteiger partial charge in [-0.1, -0.05) is 6.07 Å². The number of para-hydroxylation sites is 1. The summed E-state index contributed by atoms with van der Waals surface area (Å²) in [6.07, 6.45) is 5.53. The lowest BCUT2D eigenvalue weighted by Gasteiger charge is -2.18. The normalized spacial score (nSPS) is 18.3. The van der Waals surface area contributed by atoms with Gasteiger partial charge in [-0.3, -0.25) is 0 Å². The summed E-state index contributed by atoms with van der Waals surface area (Å²) in [6, 6.07) is 8.08. The molecular formula is C17H18ClN3. The van der Waals surface area contributed by atoms with Crippen LogP contribution in [0, 0.1) is 29.1 Å². The molecule has 0 saturated heterocycles. The summed E-state index contributed by atoms with van der Waals surface area (Å²) >= 11 is 6.11. The molecule has 0 bridgehead atoms. The van der Waals surface area contributed by atoms with Crippen LogP contribution in [0.4, 0.5) is 0 Å². The van der Waals surface area contributed by atoms with Crippen molar-refractivity contribution < 1.29 is 0 Å². The first-order chi connectivity index (χ1) is 10.3. The molecule has 4 heteroatoms. The number of imidazole rings is 1. The lowest BCUT2D eigenvalue weighted by molar-refractivity contribution is 0.350. The van der Waals surface area contributed by atoms with Crippen molar-refractivity contribution in [1.29, 1.82) is 5.26 Å². The Morgan fingerprint density at radius 3 is 2.57 bits per heavy atom. The number of hydrogen-bond acceptors (Lipinski definition) is 2. The van der Waals surface area contributed by atoms with E-state index in [9.17, 15) is 5.26 Å². The fourth-order valence-electron chi connectivity index (χ4n) is 3.53. The second kappa shape index (κ2) is 5.03. The maximum absolute atomic E-state index is 9.25. The molecule has 1 aromatic carbocycles. The minimum absolute atomic E-state index is 0.404. The number of hydrogen-bond donors (Lipinski definition) is 0. The Balaban J connectivity index is 1.77. The van der Waals surface area contributed by atoms with E-state index in [0.717, 1.165) is 41.2 Å². The summed E-state index contributed by atoms with van der Waals surface area (Å²) in [5.41, 5.74) is 2.52. The van der Waals surface area contributed by atoms with Gasteiger partial charge in [0.05, 0.1) is 17.0 Å². The summed E-state index contributed by atoms with van der Waals surface area (Å²) in [4.78, 5) is 4.62. The van der Waals surface area contributed by atoms with Gasteiger partial charge in [0.1, 0.15) is 17.4 Å². The number of nitriles is 1. The van der Waals surface area contributed by atoms with Gasteiger partial charge in [-0.2, -0.15) is 5.26 Å². The third kappa shape index (κ3) is 2.32. The lowest BCUT2D eigenvalue weighted by Crippen LogP contribution is -2.16. The van der Waals surface area contributed by atoms with Crippen LogP contribution in [0.15, 0.2) is 18.2 Å². The average molecular weight is 300 g/mol. The zero-order valence-electron chi connectivity index (χ0n) is 11.9. The topological polar surface area (TPSA) is 41.6 Å². The number of alkyl halides is 1. The van der Waals surface area contributed by atoms with Gasteiger partial charge in [0.25, 0.3) is 0 Å². The molecule has 0 unspecified atom stereocenters. The molecule has 0 spiro atoms. The first-order valence-corrected chi connectivity index (χ1v) is 8.29. The van der Waals surface area contributed by atoms with Gasteiger partial charge in [0, 0.05) is 6.54 Å². The number of halogens is 1. The van der Waals surface area contributed by atoms with Crippen molar-refractivity contribution in [3.63, 3.8) is 0 Å². The fraction of sp³-hybridized carbons (Fsp3) is 0.529. The highest BCUT2D eigenvalue weighted by atomic mass is 35.5. The van der Waals surface area contributed by atoms with Gasteiger partial charge in [-0.15, -0.1) is 11.6 Å². The Morgan fingerprint density at radius 2 is 2.00 bits per heavy atom. The summed E-state index contributed by atoms with van der Waals surface area (Å²) < 4.78 is 2.27. The fourth-order valence-corrected chi connectivity index (χ4v) is 3.74. The standard InChI is InChI=1S/C17H18ClN3/c18-8-16-20-17-13(9-19)2-1-3-15(17)21(16)10-14(11-4-5-11)12-6-7-12/h1-3,11-12,14H,4-8,10H2. The minimum Gasteiger partial charge on any atom is -0.327 e. The number of fused-ring (bicyclic) bond motifs is 1. The second-order valence-electron chi connectivity index (χ2n) is 6.40. The average Bonchev–Trinajstić information content (AvgIpc) is 3.41. The van der Waals surface area contributed by atoms with E-state index in [1.54, 1.807) is 0 Å². The highest BCUT2D eigenvalue weighted by molar-refractivity contribution is 6.16. The van der Waals surface area contributed by atoms with Crippen LogP contribution in [0.25, 0.3) is 11.0 Å². The number of rotatable bonds is 5. The summed E-state index contributed by atoms with van der Waals surface area (Å²) in [6.45, 7) is 1.02. The van der Waals surface area contributed by atoms with Crippen LogP contribution in [0.5, 0.6) is 0 Å². The smallest absolute Gasteiger partial charge is 0.124 e. The predicted octanol–water partition coefficient (Wildman–Crippen LogP) is 4.08. The Kier molecular flexibility index (Phi) is 3.15. The van der Waals surface area contributed by atoms with Crippen molar-refractivity contribution in [2.75, 3.05) is 0 Å². The molecule has 2 aromatic rings. The first-order valence-electron chi connectivity index (χ1n) is 7.76. The molecule has 0 atom stereocenters. The van der Waals surface area contributed by atoms with Gasteiger partial charge in [0.2, 0.25) is 0 Å². The highest BCUT2D eigenvalue weighted by Gasteiger charge is 2.41. The highest BCUT2D eigenvalue weighted by Crippen LogP contribution is 2.50. The lowest BCUT2D eigenvalue weighted by atomic mass is 9.97. The molecule has 2 fully saturated rings. The third-order valence-electron chi connectivity index (χ3n) is 4.95. The van der Waals surface area contributed by atoms with Crippen LogP contribution in [0.1, 0.15) is 37.1 Å². The number of aromatic nitrogens is 2. The molecule has 2 aliphatic carbocycles. The molecule has 108 valence electrons. The molecule has 1 heterocycles. The monoisotopic (exact) mass is 299 g/mol. The zero-order chi connectivity index (χ0) is 14.4. The van der Waals surface area contributed by atoms with Crippen LogP contribution in [-0.2, 0) is 12.4 Å². The minimum atomic E-state index is 0.404. The molecule has 21 heavy (non-hydrogen) atoms. The van der Waals surface area contributed by atoms with Crippen molar-refractivity contribution in [2.45, 2.75) is 38.1 Å². The molecule has 1 aromatic heterocycles. The molecule has 0 aliphatic heterocycles. The molecule has 2 aliphatic rings. The van der Waals surface area contributed by atoms with Gasteiger partial charge >= 0.3 is 0 Å². The Morgan fingerprint density at radius 1 is 1.29 bits per heavy atom. The van der Waals surface area contributed by atoms with E-state index in [1.165, 1.54) is 25.7 Å². The quantitative estimate of drug-likeness (QED) is 0.781. The molecule has 0 N–H and O–H groups in total. The maximum atomic E-state index is 9.25. The van der Waals surface area contributed by atoms with Gasteiger partial charge < -0.3 is 4.57 Å². The van der Waals surface area contributed by atoms with Gasteiger partial charge in [-0.05, 0) is 55.6 Å². The Hall–Kier alpha value is -1.53. The third-order valence-corrected chi connectivity index (χ3v) is 5.19. The van der Waals surface area contributed by atoms with Crippen molar-refractivity contribution in [3.05, 3.63) is 29.6 Å². The molecule has 0 radical (unpaired) electrons. The van der Waals surface area contributed by atoms with Crippen molar-refractivity contribution in [2.24, 2.45) is 17.8 Å². The van der Waals surface area contributed by atoms with E-state index in [-0.39, 0.29) is 0 Å². The summed E-state index contributed by atoms with van der Waals surface area (Å²) in [5, 5.41) is 9.25. The SMILES string of the molecule is N#Cc1cccc2c1nc(CCl)n2CC(C1CC1)C1CC1. The zero-order valence-corrected chi connectivity index (χ0v) is 12.7. The maximum Gasteiger partial charge on any atom is 0.124 e. The van der Waals surface area contributed by atoms with Crippen LogP contribution in [0.2, 0.25) is 0 Å². The molecule has 4 rings (SSSR count). The Bertz CT molecular complexity index is 707. The van der Waals surface area contributed by atoms with Gasteiger partial charge in [-0.25, -0.2) is 4.98 Å². The van der Waals surface area contributed by atoms with Gasteiger partial charge in [0.15, 0.2) is 0 Å². The van der Waals surface area contributed by atoms with Crippen molar-refractivity contribution in [3.8, 4) is 6.07 Å². The predicted molar refractivity (Wildman–Crippen MR) is 82.9 cm³/mol. The van der Waals surface area contributed by atoms with E-state index in [0.29, 0.717) is 11.4 Å². The first kappa shape index (κ1) is 13.2. The van der Waals surface area contributed by atoms with E-state index in [1.807, 2.05) is 12.1 Å². The molecular weight excluding hydrogens is 282 g/mol. The van der Waals surface area contributed by atoms with E-state index < -0.39 is 0 Å². The largest absolute Gasteiger partial charge is 0.327 e. The van der Waals surface area contributed by atoms with E-state index in [4.69, 9.17) is 11.6 Å². The van der Waals surface area contributed by atoms with Crippen LogP contribution in [-0.4, -0.2) is 9.55 Å². The summed E-state index contributed by atoms with van der Waals surface area (Å²) in [7, 11) is 0. The van der Waals surface area contributed by atoms with Crippen LogP contribution in [0.3, 0.4) is 0 Å². The molecule has 0 amide bonds. The molecule has 2 saturated carbocycles. The van der Waals surface area contributed by atoms with Crippen LogP contribution < -0.4 is 0 Å². The van der Waals surface area contributed by atoms with Crippen molar-refractivity contribution >= 4 is 22.6 Å². The van der Waals surface area contributed by atoms with E-state index >= 15 is 0 Å². The second-order valence-corrected chi connectivity index (χ2v) is 6.66. The number of benzene rings is 1. The Labute approximate surface area is 129 Å². The summed E-state index contributed by atoms with van der Waals surface area (Å²) in [5.74, 6) is 3.88. The molecule has 3 nitrogen and oxygen atoms in total. The number of nitrogens with zero attached hydrogens (tertiary/aromatic N) is 3. The van der Waals surface area contributed by atoms with Crippen molar-refractivity contribution in [1.82, 2.24) is 9.55 Å².